The van der Waals surface area contributed by atoms with Crippen LogP contribution in [0, 0.1) is 16.7 Å². The van der Waals surface area contributed by atoms with Crippen LogP contribution in [0.4, 0.5) is 4.79 Å². The number of carboxylic acid groups (broad SMARTS) is 1. The molecule has 0 aromatic rings. The first-order valence-corrected chi connectivity index (χ1v) is 5.29. The molecule has 5 nitrogen and oxygen atoms in total. The molecule has 0 saturated heterocycles. The van der Waals surface area contributed by atoms with Crippen molar-refractivity contribution in [1.82, 2.24) is 6.15 Å². The van der Waals surface area contributed by atoms with Gasteiger partial charge in [0.25, 0.3) is 0 Å². The molecule has 2 rings (SSSR count). The predicted molar refractivity (Wildman–Crippen MR) is 57.6 cm³/mol. The second-order valence-corrected chi connectivity index (χ2v) is 5.22. The van der Waals surface area contributed by atoms with E-state index in [9.17, 15) is 9.59 Å². The van der Waals surface area contributed by atoms with E-state index in [1.165, 1.54) is 0 Å². The maximum atomic E-state index is 11.9. The molecule has 2 bridgehead atoms. The van der Waals surface area contributed by atoms with Crippen LogP contribution in [-0.2, 0) is 9.53 Å². The highest BCUT2D eigenvalue weighted by molar-refractivity contribution is 5.90. The molecule has 0 aromatic carbocycles. The van der Waals surface area contributed by atoms with Crippen molar-refractivity contribution < 1.29 is 19.4 Å². The highest BCUT2D eigenvalue weighted by Gasteiger charge is 2.64. The van der Waals surface area contributed by atoms with Gasteiger partial charge >= 0.3 is 6.16 Å². The van der Waals surface area contributed by atoms with Crippen molar-refractivity contribution >= 4 is 11.9 Å². The van der Waals surface area contributed by atoms with Gasteiger partial charge < -0.3 is 16.0 Å². The average molecular weight is 229 g/mol. The minimum atomic E-state index is -1.29. The zero-order valence-corrected chi connectivity index (χ0v) is 9.78. The summed E-state index contributed by atoms with van der Waals surface area (Å²) < 4.78 is 4.65. The second-order valence-electron chi connectivity index (χ2n) is 5.22. The summed E-state index contributed by atoms with van der Waals surface area (Å²) in [6.45, 7) is 4.15. The third-order valence-corrected chi connectivity index (χ3v) is 4.58. The van der Waals surface area contributed by atoms with E-state index in [2.05, 4.69) is 18.6 Å². The Labute approximate surface area is 94.7 Å². The van der Waals surface area contributed by atoms with Crippen LogP contribution < -0.4 is 6.15 Å². The molecular weight excluding hydrogens is 210 g/mol. The summed E-state index contributed by atoms with van der Waals surface area (Å²) in [5.41, 5.74) is -0.657. The van der Waals surface area contributed by atoms with E-state index in [0.717, 1.165) is 12.8 Å². The zero-order valence-electron chi connectivity index (χ0n) is 9.78. The van der Waals surface area contributed by atoms with Gasteiger partial charge in [-0.15, -0.1) is 0 Å². The van der Waals surface area contributed by atoms with Crippen LogP contribution in [0.15, 0.2) is 0 Å². The maximum absolute atomic E-state index is 11.9. The van der Waals surface area contributed by atoms with Crippen LogP contribution in [0.1, 0.15) is 33.1 Å². The van der Waals surface area contributed by atoms with Crippen molar-refractivity contribution in [2.24, 2.45) is 16.7 Å². The fourth-order valence-corrected chi connectivity index (χ4v) is 3.29. The van der Waals surface area contributed by atoms with Crippen LogP contribution in [0.5, 0.6) is 0 Å². The van der Waals surface area contributed by atoms with Gasteiger partial charge in [-0.25, -0.2) is 4.79 Å². The largest absolute Gasteiger partial charge is 0.505 e. The Bertz CT molecular complexity index is 326. The van der Waals surface area contributed by atoms with Gasteiger partial charge in [-0.3, -0.25) is 4.79 Å². The fourth-order valence-electron chi connectivity index (χ4n) is 3.29. The van der Waals surface area contributed by atoms with E-state index in [1.54, 1.807) is 0 Å². The van der Waals surface area contributed by atoms with E-state index in [-0.39, 0.29) is 24.0 Å². The van der Waals surface area contributed by atoms with Crippen molar-refractivity contribution in [3.63, 3.8) is 0 Å². The molecule has 0 spiro atoms. The van der Waals surface area contributed by atoms with Crippen LogP contribution in [0.2, 0.25) is 0 Å². The molecule has 16 heavy (non-hydrogen) atoms. The third kappa shape index (κ3) is 1.42. The van der Waals surface area contributed by atoms with Gasteiger partial charge in [-0.1, -0.05) is 13.8 Å². The molecule has 0 amide bonds. The van der Waals surface area contributed by atoms with E-state index in [1.807, 2.05) is 0 Å². The number of hydrogen-bond acceptors (Lipinski definition) is 4. The number of ether oxygens (including phenoxy) is 1. The lowest BCUT2D eigenvalue weighted by atomic mass is 9.69. The topological polar surface area (TPSA) is 98.6 Å². The van der Waals surface area contributed by atoms with Crippen molar-refractivity contribution in [1.29, 1.82) is 0 Å². The molecule has 92 valence electrons. The van der Waals surface area contributed by atoms with Crippen molar-refractivity contribution in [2.75, 3.05) is 6.61 Å². The molecule has 0 aliphatic heterocycles. The number of fused-ring (bicyclic) bond motifs is 2. The lowest BCUT2D eigenvalue weighted by Gasteiger charge is -2.35. The monoisotopic (exact) mass is 229 g/mol. The minimum absolute atomic E-state index is 0. The Morgan fingerprint density at radius 1 is 1.56 bits per heavy atom. The van der Waals surface area contributed by atoms with Gasteiger partial charge in [0.1, 0.15) is 12.4 Å². The van der Waals surface area contributed by atoms with E-state index >= 15 is 0 Å². The Balaban J connectivity index is 0.00000128. The Morgan fingerprint density at radius 3 is 2.56 bits per heavy atom. The Kier molecular flexibility index (Phi) is 3.02. The molecule has 0 aromatic heterocycles. The molecule has 4 N–H and O–H groups in total. The first kappa shape index (κ1) is 13.0. The second kappa shape index (κ2) is 3.73. The standard InChI is InChI=1S/C11H16O4.H3N/c1-10(2)7-3-4-11(10,8(12)5-7)6-15-9(13)14;/h7H,3-6H2,1-2H3,(H,13,14);1H3. The summed E-state index contributed by atoms with van der Waals surface area (Å²) in [5.74, 6) is 0.590. The Hall–Kier alpha value is -1.10. The van der Waals surface area contributed by atoms with Crippen LogP contribution in [0.25, 0.3) is 0 Å². The van der Waals surface area contributed by atoms with Gasteiger partial charge in [0.2, 0.25) is 0 Å². The number of ketones is 1. The predicted octanol–water partition coefficient (Wildman–Crippen LogP) is 2.24. The average Bonchev–Trinajstić information content (AvgIpc) is 2.47. The van der Waals surface area contributed by atoms with Crippen molar-refractivity contribution in [3.05, 3.63) is 0 Å². The molecule has 5 heteroatoms. The smallest absolute Gasteiger partial charge is 0.450 e. The number of rotatable bonds is 2. The number of carbonyl (C=O) groups excluding carboxylic acids is 1. The zero-order chi connectivity index (χ0) is 11.3. The fraction of sp³-hybridized carbons (Fsp3) is 0.818. The highest BCUT2D eigenvalue weighted by Crippen LogP contribution is 2.63. The molecule has 2 unspecified atom stereocenters. The summed E-state index contributed by atoms with van der Waals surface area (Å²) in [6, 6.07) is 0. The molecule has 2 atom stereocenters. The molecule has 0 radical (unpaired) electrons. The van der Waals surface area contributed by atoms with E-state index in [0.29, 0.717) is 12.3 Å². The maximum Gasteiger partial charge on any atom is 0.505 e. The van der Waals surface area contributed by atoms with Crippen LogP contribution >= 0.6 is 0 Å². The van der Waals surface area contributed by atoms with E-state index in [4.69, 9.17) is 5.11 Å². The summed E-state index contributed by atoms with van der Waals surface area (Å²) >= 11 is 0. The quantitative estimate of drug-likeness (QED) is 0.707. The molecule has 2 aliphatic carbocycles. The van der Waals surface area contributed by atoms with Gasteiger partial charge in [-0.05, 0) is 24.2 Å². The van der Waals surface area contributed by atoms with Gasteiger partial charge in [0, 0.05) is 6.42 Å². The van der Waals surface area contributed by atoms with Crippen molar-refractivity contribution in [3.8, 4) is 0 Å². The van der Waals surface area contributed by atoms with Gasteiger partial charge in [0.05, 0.1) is 5.41 Å². The summed E-state index contributed by atoms with van der Waals surface area (Å²) in [6.07, 6.45) is 1.09. The molecule has 2 aliphatic rings. The molecule has 2 fully saturated rings. The molecule has 0 heterocycles. The van der Waals surface area contributed by atoms with Crippen molar-refractivity contribution in [2.45, 2.75) is 33.1 Å². The summed E-state index contributed by atoms with van der Waals surface area (Å²) in [5, 5.41) is 8.52. The SMILES string of the molecule is CC1(C)C2CCC1(COC(=O)O)C(=O)C2.N. The Morgan fingerprint density at radius 2 is 2.19 bits per heavy atom. The van der Waals surface area contributed by atoms with Gasteiger partial charge in [-0.2, -0.15) is 0 Å². The van der Waals surface area contributed by atoms with Gasteiger partial charge in [0.15, 0.2) is 0 Å². The highest BCUT2D eigenvalue weighted by atomic mass is 16.7. The number of hydrogen-bond donors (Lipinski definition) is 2. The first-order chi connectivity index (χ1) is 6.90. The lowest BCUT2D eigenvalue weighted by molar-refractivity contribution is -0.132. The summed E-state index contributed by atoms with van der Waals surface area (Å²) in [7, 11) is 0. The summed E-state index contributed by atoms with van der Waals surface area (Å²) in [4.78, 5) is 22.3. The van der Waals surface area contributed by atoms with E-state index < -0.39 is 11.6 Å². The minimum Gasteiger partial charge on any atom is -0.450 e. The first-order valence-electron chi connectivity index (χ1n) is 5.29. The third-order valence-electron chi connectivity index (χ3n) is 4.58. The van der Waals surface area contributed by atoms with Crippen LogP contribution in [0.3, 0.4) is 0 Å². The number of carbonyl (C=O) groups is 2. The van der Waals surface area contributed by atoms with Crippen LogP contribution in [-0.4, -0.2) is 23.7 Å². The number of Topliss-reactive ketones (excluding diaryl/α,β-unsaturated/α-hetero) is 1. The lowest BCUT2D eigenvalue weighted by Crippen LogP contribution is -2.40. The normalized spacial score (nSPS) is 34.6. The molecule has 2 saturated carbocycles. The molecular formula is C11H19NO4.